The second-order valence-corrected chi connectivity index (χ2v) is 9.45. The van der Waals surface area contributed by atoms with Crippen LogP contribution in [0.1, 0.15) is 20.3 Å². The van der Waals surface area contributed by atoms with Crippen molar-refractivity contribution >= 4 is 35.1 Å². The number of carboxylic acids is 1. The van der Waals surface area contributed by atoms with Crippen LogP contribution >= 0.6 is 11.6 Å². The van der Waals surface area contributed by atoms with E-state index in [1.165, 1.54) is 9.80 Å². The van der Waals surface area contributed by atoms with E-state index in [9.17, 15) is 24.6 Å². The molecule has 6 atom stereocenters. The minimum atomic E-state index is -1.27. The number of carbonyl (C=O) groups excluding carboxylic acids is 2. The standard InChI is InChI=1S/C23H27ClN2O6/c1-4-9-25(15-7-5-14(24)6-8-15)20(29)18-23-12-13(2)22(3,32-23)17(21(30)31)16(23)19(28)26(18)10-11-27/h4-8,13,16-18,27H,1,9-12H2,2-3H3,(H,30,31)/t13?,16-,17-,18?,22+,23?/m0/s1. The number of aliphatic carboxylic acids is 1. The number of rotatable bonds is 7. The van der Waals surface area contributed by atoms with Gasteiger partial charge >= 0.3 is 5.97 Å². The number of carbonyl (C=O) groups is 3. The summed E-state index contributed by atoms with van der Waals surface area (Å²) in [6.07, 6.45) is 1.95. The number of halogens is 1. The molecule has 3 aliphatic heterocycles. The third kappa shape index (κ3) is 3.00. The van der Waals surface area contributed by atoms with E-state index in [2.05, 4.69) is 6.58 Å². The van der Waals surface area contributed by atoms with Gasteiger partial charge in [0, 0.05) is 23.8 Å². The summed E-state index contributed by atoms with van der Waals surface area (Å²) in [4.78, 5) is 42.5. The Bertz CT molecular complexity index is 968. The van der Waals surface area contributed by atoms with Crippen LogP contribution < -0.4 is 4.90 Å². The molecule has 2 amide bonds. The number of aliphatic hydroxyl groups excluding tert-OH is 1. The molecule has 8 nitrogen and oxygen atoms in total. The van der Waals surface area contributed by atoms with Gasteiger partial charge in [-0.05, 0) is 43.5 Å². The Labute approximate surface area is 191 Å². The molecule has 3 saturated heterocycles. The van der Waals surface area contributed by atoms with Gasteiger partial charge in [0.15, 0.2) is 0 Å². The number of benzene rings is 1. The fraction of sp³-hybridized carbons (Fsp3) is 0.522. The zero-order valence-corrected chi connectivity index (χ0v) is 18.8. The first kappa shape index (κ1) is 22.8. The highest BCUT2D eigenvalue weighted by Gasteiger charge is 2.80. The summed E-state index contributed by atoms with van der Waals surface area (Å²) in [7, 11) is 0. The third-order valence-corrected chi connectivity index (χ3v) is 7.62. The topological polar surface area (TPSA) is 107 Å². The Balaban J connectivity index is 1.83. The predicted octanol–water partition coefficient (Wildman–Crippen LogP) is 1.95. The van der Waals surface area contributed by atoms with Crippen molar-refractivity contribution in [1.82, 2.24) is 4.90 Å². The number of hydrogen-bond acceptors (Lipinski definition) is 5. The van der Waals surface area contributed by atoms with E-state index in [1.807, 2.05) is 6.92 Å². The maximum Gasteiger partial charge on any atom is 0.310 e. The summed E-state index contributed by atoms with van der Waals surface area (Å²) in [6, 6.07) is 5.66. The number of likely N-dealkylation sites (tertiary alicyclic amines) is 1. The van der Waals surface area contributed by atoms with E-state index >= 15 is 0 Å². The van der Waals surface area contributed by atoms with Crippen LogP contribution in [0.4, 0.5) is 5.69 Å². The van der Waals surface area contributed by atoms with Crippen molar-refractivity contribution in [2.45, 2.75) is 37.5 Å². The van der Waals surface area contributed by atoms with Gasteiger partial charge in [0.05, 0.1) is 18.1 Å². The average molecular weight is 463 g/mol. The molecule has 3 fully saturated rings. The summed E-state index contributed by atoms with van der Waals surface area (Å²) in [6.45, 7) is 7.09. The van der Waals surface area contributed by atoms with Crippen LogP contribution in [0.15, 0.2) is 36.9 Å². The van der Waals surface area contributed by atoms with Gasteiger partial charge in [-0.25, -0.2) is 0 Å². The predicted molar refractivity (Wildman–Crippen MR) is 117 cm³/mol. The monoisotopic (exact) mass is 462 g/mol. The molecule has 9 heteroatoms. The maximum absolute atomic E-state index is 14.0. The third-order valence-electron chi connectivity index (χ3n) is 7.37. The number of hydrogen-bond donors (Lipinski definition) is 2. The van der Waals surface area contributed by atoms with Crippen LogP contribution in [-0.2, 0) is 19.1 Å². The fourth-order valence-corrected chi connectivity index (χ4v) is 6.09. The minimum absolute atomic E-state index is 0.0865. The van der Waals surface area contributed by atoms with Crippen LogP contribution in [0, 0.1) is 17.8 Å². The summed E-state index contributed by atoms with van der Waals surface area (Å²) in [5.74, 6) is -4.20. The van der Waals surface area contributed by atoms with Gasteiger partial charge in [0.1, 0.15) is 17.6 Å². The first-order valence-electron chi connectivity index (χ1n) is 10.6. The van der Waals surface area contributed by atoms with Gasteiger partial charge in [0.2, 0.25) is 5.91 Å². The highest BCUT2D eigenvalue weighted by Crippen LogP contribution is 2.65. The normalized spacial score (nSPS) is 35.1. The molecule has 0 radical (unpaired) electrons. The number of ether oxygens (including phenoxy) is 1. The molecule has 3 heterocycles. The zero-order chi connectivity index (χ0) is 23.4. The van der Waals surface area contributed by atoms with Gasteiger partial charge in [-0.15, -0.1) is 6.58 Å². The highest BCUT2D eigenvalue weighted by molar-refractivity contribution is 6.30. The van der Waals surface area contributed by atoms with Gasteiger partial charge in [-0.3, -0.25) is 14.4 Å². The molecule has 3 unspecified atom stereocenters. The molecule has 2 bridgehead atoms. The Kier molecular flexibility index (Phi) is 5.59. The van der Waals surface area contributed by atoms with Crippen molar-refractivity contribution in [2.75, 3.05) is 24.6 Å². The smallest absolute Gasteiger partial charge is 0.310 e. The fourth-order valence-electron chi connectivity index (χ4n) is 5.96. The number of β-amino-alcohol motifs (C(OH)–C–C–N with tert-alkyl or cyclic N) is 1. The quantitative estimate of drug-likeness (QED) is 0.600. The Morgan fingerprint density at radius 1 is 1.38 bits per heavy atom. The summed E-state index contributed by atoms with van der Waals surface area (Å²) in [5.41, 5.74) is -1.76. The molecule has 172 valence electrons. The first-order valence-corrected chi connectivity index (χ1v) is 11.0. The Hall–Kier alpha value is -2.42. The molecule has 2 N–H and O–H groups in total. The lowest BCUT2D eigenvalue weighted by molar-refractivity contribution is -0.156. The number of fused-ring (bicyclic) bond motifs is 1. The van der Waals surface area contributed by atoms with E-state index in [1.54, 1.807) is 37.3 Å². The van der Waals surface area contributed by atoms with Crippen LogP contribution in [0.3, 0.4) is 0 Å². The zero-order valence-electron chi connectivity index (χ0n) is 18.0. The molecule has 4 rings (SSSR count). The van der Waals surface area contributed by atoms with Crippen LogP contribution in [0.25, 0.3) is 0 Å². The van der Waals surface area contributed by atoms with E-state index in [-0.39, 0.29) is 25.6 Å². The van der Waals surface area contributed by atoms with Crippen LogP contribution in [0.5, 0.6) is 0 Å². The maximum atomic E-state index is 14.0. The first-order chi connectivity index (χ1) is 15.1. The van der Waals surface area contributed by atoms with E-state index in [4.69, 9.17) is 16.3 Å². The lowest BCUT2D eigenvalue weighted by Crippen LogP contribution is -2.57. The minimum Gasteiger partial charge on any atom is -0.481 e. The van der Waals surface area contributed by atoms with Gasteiger partial charge in [-0.1, -0.05) is 24.6 Å². The number of anilines is 1. The number of carboxylic acid groups (broad SMARTS) is 1. The molecule has 0 aromatic heterocycles. The van der Waals surface area contributed by atoms with Gasteiger partial charge in [0.25, 0.3) is 5.91 Å². The molecule has 0 saturated carbocycles. The number of aliphatic hydroxyl groups is 1. The molecule has 0 aliphatic carbocycles. The van der Waals surface area contributed by atoms with Gasteiger partial charge < -0.3 is 24.7 Å². The lowest BCUT2D eigenvalue weighted by atomic mass is 9.62. The number of nitrogens with zero attached hydrogens (tertiary/aromatic N) is 2. The van der Waals surface area contributed by atoms with Crippen molar-refractivity contribution in [3.63, 3.8) is 0 Å². The summed E-state index contributed by atoms with van der Waals surface area (Å²) < 4.78 is 6.40. The van der Waals surface area contributed by atoms with E-state index in [0.29, 0.717) is 17.1 Å². The second kappa shape index (κ2) is 7.86. The van der Waals surface area contributed by atoms with Crippen LogP contribution in [0.2, 0.25) is 5.02 Å². The highest BCUT2D eigenvalue weighted by atomic mass is 35.5. The Morgan fingerprint density at radius 2 is 2.03 bits per heavy atom. The average Bonchev–Trinajstić information content (AvgIpc) is 3.24. The van der Waals surface area contributed by atoms with Gasteiger partial charge in [-0.2, -0.15) is 0 Å². The van der Waals surface area contributed by atoms with Crippen molar-refractivity contribution in [1.29, 1.82) is 0 Å². The molecular formula is C23H27ClN2O6. The van der Waals surface area contributed by atoms with E-state index in [0.717, 1.165) is 0 Å². The molecule has 1 aromatic rings. The largest absolute Gasteiger partial charge is 0.481 e. The molecule has 1 spiro atoms. The molecular weight excluding hydrogens is 436 g/mol. The van der Waals surface area contributed by atoms with Crippen molar-refractivity contribution in [3.8, 4) is 0 Å². The second-order valence-electron chi connectivity index (χ2n) is 9.01. The van der Waals surface area contributed by atoms with E-state index < -0.39 is 46.9 Å². The molecule has 1 aromatic carbocycles. The van der Waals surface area contributed by atoms with Crippen molar-refractivity contribution in [3.05, 3.63) is 41.9 Å². The lowest BCUT2D eigenvalue weighted by Gasteiger charge is -2.37. The molecule has 3 aliphatic rings. The van der Waals surface area contributed by atoms with Crippen molar-refractivity contribution in [2.24, 2.45) is 17.8 Å². The number of amides is 2. The molecule has 32 heavy (non-hydrogen) atoms. The summed E-state index contributed by atoms with van der Waals surface area (Å²) in [5, 5.41) is 20.1. The SMILES string of the molecule is C=CCN(C(=O)C1N(CCO)C(=O)[C@@H]2[C@@H](C(=O)O)[C@]3(C)OC12CC3C)c1ccc(Cl)cc1. The Morgan fingerprint density at radius 3 is 2.59 bits per heavy atom. The van der Waals surface area contributed by atoms with Crippen LogP contribution in [-0.4, -0.2) is 69.8 Å². The van der Waals surface area contributed by atoms with Crippen molar-refractivity contribution < 1.29 is 29.3 Å². The summed E-state index contributed by atoms with van der Waals surface area (Å²) >= 11 is 6.00.